The van der Waals surface area contributed by atoms with Crippen molar-refractivity contribution >= 4 is 27.6 Å². The van der Waals surface area contributed by atoms with Crippen LogP contribution in [0.5, 0.6) is 0 Å². The van der Waals surface area contributed by atoms with Crippen LogP contribution in [0.4, 0.5) is 0 Å². The van der Waals surface area contributed by atoms with E-state index in [0.717, 1.165) is 13.0 Å². The molecule has 1 aliphatic rings. The Morgan fingerprint density at radius 1 is 1.13 bits per heavy atom. The molecule has 0 aromatic heterocycles. The number of nitrogens with zero attached hydrogens (tertiary/aromatic N) is 2. The average Bonchev–Trinajstić information content (AvgIpc) is 2.52. The summed E-state index contributed by atoms with van der Waals surface area (Å²) in [6.45, 7) is 2.94. The van der Waals surface area contributed by atoms with Crippen LogP contribution in [0, 0.1) is 0 Å². The second-order valence-corrected chi connectivity index (χ2v) is 7.84. The maximum Gasteiger partial charge on any atom is 0.303 e. The van der Waals surface area contributed by atoms with E-state index >= 15 is 0 Å². The zero-order chi connectivity index (χ0) is 16.9. The second kappa shape index (κ2) is 8.10. The SMILES string of the molecule is O=C(O)CCCCN1CCN(S(=O)(=O)c2ccccc2Cl)CC1. The quantitative estimate of drug-likeness (QED) is 0.751. The first-order valence-electron chi connectivity index (χ1n) is 7.60. The number of benzene rings is 1. The molecule has 1 aromatic rings. The van der Waals surface area contributed by atoms with E-state index in [2.05, 4.69) is 4.90 Å². The Labute approximate surface area is 141 Å². The molecule has 0 amide bonds. The number of hydrogen-bond donors (Lipinski definition) is 1. The first-order chi connectivity index (χ1) is 10.9. The molecule has 0 unspecified atom stereocenters. The largest absolute Gasteiger partial charge is 0.481 e. The Hall–Kier alpha value is -1.15. The van der Waals surface area contributed by atoms with Gasteiger partial charge in [-0.3, -0.25) is 4.79 Å². The van der Waals surface area contributed by atoms with Crippen molar-refractivity contribution in [1.82, 2.24) is 9.21 Å². The standard InChI is InChI=1S/C15H21ClN2O4S/c16-13-5-1-2-6-14(13)23(21,22)18-11-9-17(10-12-18)8-4-3-7-15(19)20/h1-2,5-6H,3-4,7-12H2,(H,19,20). The molecule has 1 aromatic carbocycles. The highest BCUT2D eigenvalue weighted by Crippen LogP contribution is 2.25. The Morgan fingerprint density at radius 3 is 2.39 bits per heavy atom. The summed E-state index contributed by atoms with van der Waals surface area (Å²) in [4.78, 5) is 12.8. The maximum atomic E-state index is 12.6. The number of unbranched alkanes of at least 4 members (excludes halogenated alkanes) is 1. The normalized spacial score (nSPS) is 17.3. The van der Waals surface area contributed by atoms with E-state index < -0.39 is 16.0 Å². The van der Waals surface area contributed by atoms with Crippen molar-refractivity contribution in [2.45, 2.75) is 24.2 Å². The van der Waals surface area contributed by atoms with Crippen LogP contribution in [-0.2, 0) is 14.8 Å². The van der Waals surface area contributed by atoms with Gasteiger partial charge in [0.1, 0.15) is 4.90 Å². The van der Waals surface area contributed by atoms with Gasteiger partial charge in [-0.15, -0.1) is 0 Å². The number of rotatable bonds is 7. The number of carbonyl (C=O) groups is 1. The lowest BCUT2D eigenvalue weighted by Crippen LogP contribution is -2.48. The third-order valence-corrected chi connectivity index (χ3v) is 6.30. The Balaban J connectivity index is 1.86. The van der Waals surface area contributed by atoms with Gasteiger partial charge in [-0.05, 0) is 31.5 Å². The van der Waals surface area contributed by atoms with Crippen molar-refractivity contribution in [1.29, 1.82) is 0 Å². The van der Waals surface area contributed by atoms with Gasteiger partial charge in [0, 0.05) is 32.6 Å². The molecule has 8 heteroatoms. The van der Waals surface area contributed by atoms with Gasteiger partial charge in [0.25, 0.3) is 0 Å². The summed E-state index contributed by atoms with van der Waals surface area (Å²) in [5.74, 6) is -0.777. The van der Waals surface area contributed by atoms with Gasteiger partial charge in [-0.2, -0.15) is 4.31 Å². The third kappa shape index (κ3) is 4.91. The minimum atomic E-state index is -3.56. The summed E-state index contributed by atoms with van der Waals surface area (Å²) in [5, 5.41) is 8.85. The fourth-order valence-electron chi connectivity index (χ4n) is 2.60. The van der Waals surface area contributed by atoms with Crippen molar-refractivity contribution in [3.63, 3.8) is 0 Å². The molecule has 0 saturated carbocycles. The van der Waals surface area contributed by atoms with Crippen LogP contribution in [-0.4, -0.2) is 61.4 Å². The highest BCUT2D eigenvalue weighted by Gasteiger charge is 2.29. The monoisotopic (exact) mass is 360 g/mol. The van der Waals surface area contributed by atoms with Crippen LogP contribution >= 0.6 is 11.6 Å². The molecule has 128 valence electrons. The van der Waals surface area contributed by atoms with E-state index in [1.165, 1.54) is 10.4 Å². The predicted molar refractivity (Wildman–Crippen MR) is 88.1 cm³/mol. The molecule has 1 N–H and O–H groups in total. The minimum Gasteiger partial charge on any atom is -0.481 e. The molecule has 0 aliphatic carbocycles. The van der Waals surface area contributed by atoms with E-state index in [1.807, 2.05) is 0 Å². The lowest BCUT2D eigenvalue weighted by molar-refractivity contribution is -0.137. The number of carboxylic acids is 1. The van der Waals surface area contributed by atoms with Crippen molar-refractivity contribution in [3.05, 3.63) is 29.3 Å². The number of piperazine rings is 1. The molecule has 1 saturated heterocycles. The zero-order valence-electron chi connectivity index (χ0n) is 12.8. The van der Waals surface area contributed by atoms with E-state index in [9.17, 15) is 13.2 Å². The van der Waals surface area contributed by atoms with Gasteiger partial charge in [-0.1, -0.05) is 23.7 Å². The molecule has 0 bridgehead atoms. The molecule has 0 atom stereocenters. The van der Waals surface area contributed by atoms with E-state index in [4.69, 9.17) is 16.7 Å². The first-order valence-corrected chi connectivity index (χ1v) is 9.42. The van der Waals surface area contributed by atoms with E-state index in [-0.39, 0.29) is 16.3 Å². The van der Waals surface area contributed by atoms with Crippen molar-refractivity contribution in [2.75, 3.05) is 32.7 Å². The predicted octanol–water partition coefficient (Wildman–Crippen LogP) is 1.90. The topological polar surface area (TPSA) is 77.9 Å². The van der Waals surface area contributed by atoms with Crippen LogP contribution in [0.3, 0.4) is 0 Å². The number of sulfonamides is 1. The molecule has 0 spiro atoms. The molecule has 6 nitrogen and oxygen atoms in total. The van der Waals surface area contributed by atoms with Crippen molar-refractivity contribution < 1.29 is 18.3 Å². The summed E-state index contributed by atoms with van der Waals surface area (Å²) < 4.78 is 26.7. The molecule has 1 heterocycles. The number of carboxylic acid groups (broad SMARTS) is 1. The summed E-state index contributed by atoms with van der Waals surface area (Å²) >= 11 is 6.00. The first kappa shape index (κ1) is 18.2. The molecule has 0 radical (unpaired) electrons. The van der Waals surface area contributed by atoms with E-state index in [0.29, 0.717) is 32.6 Å². The Morgan fingerprint density at radius 2 is 1.78 bits per heavy atom. The van der Waals surface area contributed by atoms with Gasteiger partial charge >= 0.3 is 5.97 Å². The Kier molecular flexibility index (Phi) is 6.41. The highest BCUT2D eigenvalue weighted by molar-refractivity contribution is 7.89. The molecular formula is C15H21ClN2O4S. The van der Waals surface area contributed by atoms with Crippen molar-refractivity contribution in [2.24, 2.45) is 0 Å². The van der Waals surface area contributed by atoms with Gasteiger partial charge in [0.15, 0.2) is 0 Å². The third-order valence-electron chi connectivity index (χ3n) is 3.90. The summed E-state index contributed by atoms with van der Waals surface area (Å²) in [5.41, 5.74) is 0. The summed E-state index contributed by atoms with van der Waals surface area (Å²) in [7, 11) is -3.56. The molecule has 2 rings (SSSR count). The van der Waals surface area contributed by atoms with Gasteiger partial charge in [0.2, 0.25) is 10.0 Å². The maximum absolute atomic E-state index is 12.6. The molecule has 1 aliphatic heterocycles. The van der Waals surface area contributed by atoms with Crippen LogP contribution < -0.4 is 0 Å². The highest BCUT2D eigenvalue weighted by atomic mass is 35.5. The summed E-state index contributed by atoms with van der Waals surface area (Å²) in [6.07, 6.45) is 1.64. The van der Waals surface area contributed by atoms with Crippen molar-refractivity contribution in [3.8, 4) is 0 Å². The van der Waals surface area contributed by atoms with Crippen LogP contribution in [0.2, 0.25) is 5.02 Å². The number of halogens is 1. The minimum absolute atomic E-state index is 0.150. The smallest absolute Gasteiger partial charge is 0.303 e. The van der Waals surface area contributed by atoms with Crippen LogP contribution in [0.15, 0.2) is 29.2 Å². The molecule has 23 heavy (non-hydrogen) atoms. The fourth-order valence-corrected chi connectivity index (χ4v) is 4.51. The Bertz CT molecular complexity index is 643. The second-order valence-electron chi connectivity index (χ2n) is 5.53. The summed E-state index contributed by atoms with van der Waals surface area (Å²) in [6, 6.07) is 6.47. The molecular weight excluding hydrogens is 340 g/mol. The average molecular weight is 361 g/mol. The molecule has 1 fully saturated rings. The van der Waals surface area contributed by atoms with Crippen LogP contribution in [0.25, 0.3) is 0 Å². The number of aliphatic carboxylic acids is 1. The number of hydrogen-bond acceptors (Lipinski definition) is 4. The van der Waals surface area contributed by atoms with Crippen LogP contribution in [0.1, 0.15) is 19.3 Å². The van der Waals surface area contributed by atoms with Gasteiger partial charge in [0.05, 0.1) is 5.02 Å². The van der Waals surface area contributed by atoms with E-state index in [1.54, 1.807) is 18.2 Å². The fraction of sp³-hybridized carbons (Fsp3) is 0.533. The lowest BCUT2D eigenvalue weighted by Gasteiger charge is -2.34. The van der Waals surface area contributed by atoms with Gasteiger partial charge in [-0.25, -0.2) is 8.42 Å². The zero-order valence-corrected chi connectivity index (χ0v) is 14.4. The van der Waals surface area contributed by atoms with Gasteiger partial charge < -0.3 is 10.0 Å². The lowest BCUT2D eigenvalue weighted by atomic mass is 10.2.